The van der Waals surface area contributed by atoms with Crippen LogP contribution in [0.1, 0.15) is 11.3 Å². The van der Waals surface area contributed by atoms with Crippen LogP contribution < -0.4 is 0 Å². The summed E-state index contributed by atoms with van der Waals surface area (Å²) in [6.45, 7) is 1.79. The zero-order valence-electron chi connectivity index (χ0n) is 15.6. The topological polar surface area (TPSA) is 56.7 Å². The molecule has 0 spiro atoms. The molecule has 2 aromatic carbocycles. The zero-order valence-corrected chi connectivity index (χ0v) is 17.2. The van der Waals surface area contributed by atoms with Crippen molar-refractivity contribution in [2.24, 2.45) is 7.05 Å². The summed E-state index contributed by atoms with van der Waals surface area (Å²) in [7, 11) is 1.51. The molecule has 10 heteroatoms. The van der Waals surface area contributed by atoms with Gasteiger partial charge in [-0.1, -0.05) is 17.3 Å². The number of alkyl halides is 3. The SMILES string of the molecule is Cc1cc(-c2nc(C(F)(F)F)cn2C)ccc1-c1noc(-c2ccc(F)cc2Br)n1. The molecule has 154 valence electrons. The number of aromatic nitrogens is 4. The van der Waals surface area contributed by atoms with Gasteiger partial charge >= 0.3 is 6.18 Å². The average molecular weight is 481 g/mol. The molecule has 0 saturated carbocycles. The van der Waals surface area contributed by atoms with Gasteiger partial charge in [-0.3, -0.25) is 0 Å². The molecule has 4 rings (SSSR count). The van der Waals surface area contributed by atoms with E-state index in [0.29, 0.717) is 27.0 Å². The number of rotatable bonds is 3. The van der Waals surface area contributed by atoms with E-state index in [1.165, 1.54) is 29.8 Å². The minimum atomic E-state index is -4.51. The van der Waals surface area contributed by atoms with Crippen molar-refractivity contribution in [2.75, 3.05) is 0 Å². The van der Waals surface area contributed by atoms with E-state index in [4.69, 9.17) is 4.52 Å². The first-order chi connectivity index (χ1) is 14.1. The maximum Gasteiger partial charge on any atom is 0.434 e. The summed E-state index contributed by atoms with van der Waals surface area (Å²) >= 11 is 3.26. The number of halogens is 5. The lowest BCUT2D eigenvalue weighted by Crippen LogP contribution is -2.04. The monoisotopic (exact) mass is 480 g/mol. The smallest absolute Gasteiger partial charge is 0.334 e. The van der Waals surface area contributed by atoms with Crippen LogP contribution in [0.15, 0.2) is 51.6 Å². The Hall–Kier alpha value is -3.01. The number of aryl methyl sites for hydroxylation is 2. The third-order valence-electron chi connectivity index (χ3n) is 4.48. The third-order valence-corrected chi connectivity index (χ3v) is 5.14. The number of benzene rings is 2. The van der Waals surface area contributed by atoms with E-state index in [9.17, 15) is 17.6 Å². The van der Waals surface area contributed by atoms with Crippen molar-refractivity contribution in [3.8, 4) is 34.2 Å². The Morgan fingerprint density at radius 3 is 2.40 bits per heavy atom. The Morgan fingerprint density at radius 2 is 1.77 bits per heavy atom. The summed E-state index contributed by atoms with van der Waals surface area (Å²) in [4.78, 5) is 8.07. The lowest BCUT2D eigenvalue weighted by Gasteiger charge is -2.06. The van der Waals surface area contributed by atoms with E-state index in [1.54, 1.807) is 25.1 Å². The van der Waals surface area contributed by atoms with E-state index < -0.39 is 17.7 Å². The predicted octanol–water partition coefficient (Wildman–Crippen LogP) is 6.03. The van der Waals surface area contributed by atoms with Crippen LogP contribution in [0.3, 0.4) is 0 Å². The molecular formula is C20H13BrF4N4O. The molecule has 2 aromatic heterocycles. The lowest BCUT2D eigenvalue weighted by molar-refractivity contribution is -0.140. The first-order valence-electron chi connectivity index (χ1n) is 8.64. The van der Waals surface area contributed by atoms with Crippen LogP contribution >= 0.6 is 15.9 Å². The van der Waals surface area contributed by atoms with Crippen LogP contribution in [0, 0.1) is 12.7 Å². The van der Waals surface area contributed by atoms with Gasteiger partial charge in [-0.25, -0.2) is 9.37 Å². The van der Waals surface area contributed by atoms with Gasteiger partial charge in [0.1, 0.15) is 11.6 Å². The average Bonchev–Trinajstić information content (AvgIpc) is 3.28. The van der Waals surface area contributed by atoms with Crippen molar-refractivity contribution in [1.82, 2.24) is 19.7 Å². The molecule has 0 N–H and O–H groups in total. The van der Waals surface area contributed by atoms with Gasteiger partial charge in [0.25, 0.3) is 5.89 Å². The van der Waals surface area contributed by atoms with E-state index in [-0.39, 0.29) is 11.7 Å². The van der Waals surface area contributed by atoms with Gasteiger partial charge in [0, 0.05) is 28.8 Å². The summed E-state index contributed by atoms with van der Waals surface area (Å²) in [5.74, 6) is 0.307. The fourth-order valence-corrected chi connectivity index (χ4v) is 3.55. The largest absolute Gasteiger partial charge is 0.434 e. The van der Waals surface area contributed by atoms with Crippen molar-refractivity contribution in [1.29, 1.82) is 0 Å². The van der Waals surface area contributed by atoms with Crippen molar-refractivity contribution in [3.63, 3.8) is 0 Å². The molecule has 30 heavy (non-hydrogen) atoms. The summed E-state index contributed by atoms with van der Waals surface area (Å²) in [5, 5.41) is 3.97. The second-order valence-electron chi connectivity index (χ2n) is 6.64. The van der Waals surface area contributed by atoms with Gasteiger partial charge in [0.05, 0.1) is 5.56 Å². The van der Waals surface area contributed by atoms with E-state index in [0.717, 1.165) is 11.8 Å². The highest BCUT2D eigenvalue weighted by atomic mass is 79.9. The molecule has 0 unspecified atom stereocenters. The van der Waals surface area contributed by atoms with Gasteiger partial charge in [-0.15, -0.1) is 0 Å². The first kappa shape index (κ1) is 20.3. The van der Waals surface area contributed by atoms with Crippen LogP contribution in [-0.2, 0) is 13.2 Å². The van der Waals surface area contributed by atoms with Crippen molar-refractivity contribution < 1.29 is 22.1 Å². The number of hydrogen-bond donors (Lipinski definition) is 0. The summed E-state index contributed by atoms with van der Waals surface area (Å²) < 4.78 is 59.2. The van der Waals surface area contributed by atoms with Crippen LogP contribution in [0.5, 0.6) is 0 Å². The molecular weight excluding hydrogens is 468 g/mol. The van der Waals surface area contributed by atoms with Gasteiger partial charge in [-0.2, -0.15) is 18.2 Å². The van der Waals surface area contributed by atoms with Crippen molar-refractivity contribution in [3.05, 3.63) is 64.1 Å². The second kappa shape index (κ2) is 7.35. The van der Waals surface area contributed by atoms with Crippen LogP contribution in [-0.4, -0.2) is 19.7 Å². The number of nitrogens with zero attached hydrogens (tertiary/aromatic N) is 4. The van der Waals surface area contributed by atoms with Gasteiger partial charge < -0.3 is 9.09 Å². The van der Waals surface area contributed by atoms with E-state index in [1.807, 2.05) is 0 Å². The number of imidazole rings is 1. The van der Waals surface area contributed by atoms with Crippen LogP contribution in [0.4, 0.5) is 17.6 Å². The predicted molar refractivity (Wildman–Crippen MR) is 105 cm³/mol. The first-order valence-corrected chi connectivity index (χ1v) is 9.44. The Kier molecular flexibility index (Phi) is 4.97. The minimum Gasteiger partial charge on any atom is -0.334 e. The quantitative estimate of drug-likeness (QED) is 0.335. The van der Waals surface area contributed by atoms with Gasteiger partial charge in [-0.05, 0) is 52.7 Å². The lowest BCUT2D eigenvalue weighted by atomic mass is 10.0. The highest BCUT2D eigenvalue weighted by Crippen LogP contribution is 2.33. The Bertz CT molecular complexity index is 1250. The molecule has 0 aliphatic heterocycles. The maximum absolute atomic E-state index is 13.3. The highest BCUT2D eigenvalue weighted by molar-refractivity contribution is 9.10. The zero-order chi connectivity index (χ0) is 21.6. The van der Waals surface area contributed by atoms with Crippen molar-refractivity contribution in [2.45, 2.75) is 13.1 Å². The molecule has 4 aromatic rings. The van der Waals surface area contributed by atoms with Gasteiger partial charge in [0.15, 0.2) is 5.69 Å². The molecule has 0 bridgehead atoms. The number of hydrogen-bond acceptors (Lipinski definition) is 4. The normalized spacial score (nSPS) is 11.8. The van der Waals surface area contributed by atoms with Crippen LogP contribution in [0.25, 0.3) is 34.2 Å². The molecule has 0 aliphatic carbocycles. The summed E-state index contributed by atoms with van der Waals surface area (Å²) in [6.07, 6.45) is -3.56. The molecule has 0 saturated heterocycles. The molecule has 0 radical (unpaired) electrons. The molecule has 0 fully saturated rings. The van der Waals surface area contributed by atoms with E-state index >= 15 is 0 Å². The molecule has 0 amide bonds. The summed E-state index contributed by atoms with van der Waals surface area (Å²) in [5.41, 5.74) is 1.50. The second-order valence-corrected chi connectivity index (χ2v) is 7.49. The maximum atomic E-state index is 13.3. The van der Waals surface area contributed by atoms with E-state index in [2.05, 4.69) is 31.1 Å². The highest BCUT2D eigenvalue weighted by Gasteiger charge is 2.34. The fraction of sp³-hybridized carbons (Fsp3) is 0.150. The standard InChI is InChI=1S/C20H13BrF4N4O/c1-10-7-11(18-26-16(9-29(18)2)20(23,24)25)3-5-13(10)17-27-19(30-28-17)14-6-4-12(22)8-15(14)21/h3-9H,1-2H3. The molecule has 0 atom stereocenters. The molecule has 5 nitrogen and oxygen atoms in total. The Balaban J connectivity index is 1.68. The van der Waals surface area contributed by atoms with Crippen molar-refractivity contribution >= 4 is 15.9 Å². The summed E-state index contributed by atoms with van der Waals surface area (Å²) in [6, 6.07) is 9.15. The Morgan fingerprint density at radius 1 is 1.03 bits per heavy atom. The fourth-order valence-electron chi connectivity index (χ4n) is 3.03. The minimum absolute atomic E-state index is 0.195. The van der Waals surface area contributed by atoms with Gasteiger partial charge in [0.2, 0.25) is 5.82 Å². The third kappa shape index (κ3) is 3.74. The van der Waals surface area contributed by atoms with Crippen LogP contribution in [0.2, 0.25) is 0 Å². The Labute approximate surface area is 176 Å². The molecule has 0 aliphatic rings. The molecule has 2 heterocycles.